The molecule has 0 bridgehead atoms. The molecule has 0 radical (unpaired) electrons. The number of rotatable bonds is 6. The highest BCUT2D eigenvalue weighted by Gasteiger charge is 2.37. The predicted molar refractivity (Wildman–Crippen MR) is 130 cm³/mol. The molecule has 0 aliphatic carbocycles. The summed E-state index contributed by atoms with van der Waals surface area (Å²) in [5.41, 5.74) is 13.1. The normalized spacial score (nSPS) is 22.0. The lowest BCUT2D eigenvalue weighted by molar-refractivity contribution is -0.127. The number of nitrogens with one attached hydrogen (secondary N) is 1. The zero-order valence-corrected chi connectivity index (χ0v) is 19.9. The lowest BCUT2D eigenvalue weighted by Crippen LogP contribution is -2.33. The summed E-state index contributed by atoms with van der Waals surface area (Å²) in [6, 6.07) is 6.51. The molecule has 2 fully saturated rings. The average molecular weight is 477 g/mol. The first-order valence-corrected chi connectivity index (χ1v) is 12.1. The Bertz CT molecular complexity index is 1080. The molecule has 4 rings (SSSR count). The number of anilines is 1. The van der Waals surface area contributed by atoms with E-state index in [9.17, 15) is 9.59 Å². The van der Waals surface area contributed by atoms with E-state index < -0.39 is 5.91 Å². The SMILES string of the molecule is CCN1C(=O)[C@@H](CNc2ccc3c(Cl)cn(C4CCN(C)CC4)c3c2)S/C1=C(/N)C(N)=O. The molecular weight excluding hydrogens is 448 g/mol. The average Bonchev–Trinajstić information content (AvgIpc) is 3.28. The van der Waals surface area contributed by atoms with Crippen molar-refractivity contribution >= 4 is 51.8 Å². The fourth-order valence-corrected chi connectivity index (χ4v) is 5.87. The van der Waals surface area contributed by atoms with Crippen molar-refractivity contribution in [1.82, 2.24) is 14.4 Å². The van der Waals surface area contributed by atoms with Crippen LogP contribution in [0.5, 0.6) is 0 Å². The Hall–Kier alpha value is -2.36. The number of halogens is 1. The number of amides is 2. The quantitative estimate of drug-likeness (QED) is 0.553. The van der Waals surface area contributed by atoms with Gasteiger partial charge in [0.05, 0.1) is 10.5 Å². The second-order valence-electron chi connectivity index (χ2n) is 8.30. The minimum absolute atomic E-state index is 0.0697. The molecule has 2 amide bonds. The summed E-state index contributed by atoms with van der Waals surface area (Å²) >= 11 is 7.80. The highest BCUT2D eigenvalue weighted by atomic mass is 35.5. The van der Waals surface area contributed by atoms with Gasteiger partial charge in [-0.05, 0) is 58.1 Å². The molecule has 1 atom stereocenters. The molecule has 0 saturated carbocycles. The minimum atomic E-state index is -0.718. The molecule has 1 aromatic carbocycles. The number of nitrogens with two attached hydrogens (primary N) is 2. The number of thioether (sulfide) groups is 1. The van der Waals surface area contributed by atoms with Crippen molar-refractivity contribution in [2.75, 3.05) is 38.5 Å². The highest BCUT2D eigenvalue weighted by Crippen LogP contribution is 2.37. The smallest absolute Gasteiger partial charge is 0.267 e. The van der Waals surface area contributed by atoms with Crippen molar-refractivity contribution in [3.63, 3.8) is 0 Å². The summed E-state index contributed by atoms with van der Waals surface area (Å²) in [6.07, 6.45) is 4.21. The molecule has 0 spiro atoms. The number of nitrogens with zero attached hydrogens (tertiary/aromatic N) is 3. The summed E-state index contributed by atoms with van der Waals surface area (Å²) in [5, 5.41) is 5.21. The van der Waals surface area contributed by atoms with Crippen LogP contribution in [0, 0.1) is 0 Å². The molecule has 8 nitrogen and oxygen atoms in total. The number of piperidine rings is 1. The van der Waals surface area contributed by atoms with Crippen LogP contribution in [0.1, 0.15) is 25.8 Å². The van der Waals surface area contributed by atoms with Gasteiger partial charge in [0.1, 0.15) is 16.0 Å². The van der Waals surface area contributed by atoms with Crippen molar-refractivity contribution in [2.45, 2.75) is 31.1 Å². The van der Waals surface area contributed by atoms with Gasteiger partial charge in [-0.1, -0.05) is 23.4 Å². The van der Waals surface area contributed by atoms with Gasteiger partial charge in [-0.25, -0.2) is 0 Å². The van der Waals surface area contributed by atoms with Gasteiger partial charge in [0.2, 0.25) is 5.91 Å². The number of carbonyl (C=O) groups is 2. The summed E-state index contributed by atoms with van der Waals surface area (Å²) in [5.74, 6) is -0.799. The third-order valence-corrected chi connectivity index (χ3v) is 7.83. The number of aromatic nitrogens is 1. The summed E-state index contributed by atoms with van der Waals surface area (Å²) in [4.78, 5) is 28.2. The number of fused-ring (bicyclic) bond motifs is 1. The van der Waals surface area contributed by atoms with E-state index >= 15 is 0 Å². The number of carbonyl (C=O) groups excluding carboxylic acids is 2. The molecule has 172 valence electrons. The second-order valence-corrected chi connectivity index (χ2v) is 9.90. The Morgan fingerprint density at radius 2 is 2.00 bits per heavy atom. The number of benzene rings is 1. The van der Waals surface area contributed by atoms with Gasteiger partial charge in [-0.15, -0.1) is 0 Å². The zero-order valence-electron chi connectivity index (χ0n) is 18.3. The first kappa shape index (κ1) is 22.8. The van der Waals surface area contributed by atoms with Crippen LogP contribution >= 0.6 is 23.4 Å². The number of primary amides is 1. The van der Waals surface area contributed by atoms with Crippen molar-refractivity contribution in [3.05, 3.63) is 40.1 Å². The van der Waals surface area contributed by atoms with Crippen molar-refractivity contribution in [2.24, 2.45) is 11.5 Å². The van der Waals surface area contributed by atoms with E-state index in [1.165, 1.54) is 16.7 Å². The van der Waals surface area contributed by atoms with Gasteiger partial charge < -0.3 is 31.2 Å². The molecular formula is C22H29ClN6O2S. The Labute approximate surface area is 196 Å². The van der Waals surface area contributed by atoms with Gasteiger partial charge in [-0.2, -0.15) is 0 Å². The maximum absolute atomic E-state index is 12.8. The Balaban J connectivity index is 1.53. The van der Waals surface area contributed by atoms with Crippen LogP contribution in [0.2, 0.25) is 5.02 Å². The first-order chi connectivity index (χ1) is 15.3. The van der Waals surface area contributed by atoms with Crippen molar-refractivity contribution < 1.29 is 9.59 Å². The van der Waals surface area contributed by atoms with Crippen LogP contribution in [-0.4, -0.2) is 64.7 Å². The molecule has 2 aliphatic heterocycles. The lowest BCUT2D eigenvalue weighted by Gasteiger charge is -2.30. The van der Waals surface area contributed by atoms with Crippen LogP contribution in [0.25, 0.3) is 10.9 Å². The van der Waals surface area contributed by atoms with Crippen LogP contribution in [-0.2, 0) is 9.59 Å². The van der Waals surface area contributed by atoms with E-state index in [1.807, 2.05) is 25.3 Å². The molecule has 2 aliphatic rings. The van der Waals surface area contributed by atoms with E-state index in [0.29, 0.717) is 24.2 Å². The monoisotopic (exact) mass is 476 g/mol. The molecule has 1 aromatic heterocycles. The second kappa shape index (κ2) is 9.25. The fourth-order valence-electron chi connectivity index (χ4n) is 4.37. The molecule has 32 heavy (non-hydrogen) atoms. The molecule has 5 N–H and O–H groups in total. The Kier molecular flexibility index (Phi) is 6.60. The topological polar surface area (TPSA) is 110 Å². The van der Waals surface area contributed by atoms with Gasteiger partial charge in [0.15, 0.2) is 0 Å². The van der Waals surface area contributed by atoms with Gasteiger partial charge in [0.25, 0.3) is 5.91 Å². The fraction of sp³-hybridized carbons (Fsp3) is 0.455. The van der Waals surface area contributed by atoms with Gasteiger partial charge >= 0.3 is 0 Å². The third-order valence-electron chi connectivity index (χ3n) is 6.21. The molecule has 10 heteroatoms. The van der Waals surface area contributed by atoms with Crippen LogP contribution in [0.4, 0.5) is 5.69 Å². The largest absolute Gasteiger partial charge is 0.392 e. The maximum atomic E-state index is 12.8. The van der Waals surface area contributed by atoms with E-state index in [1.54, 1.807) is 0 Å². The lowest BCUT2D eigenvalue weighted by atomic mass is 10.1. The third kappa shape index (κ3) is 4.29. The van der Waals surface area contributed by atoms with Crippen LogP contribution < -0.4 is 16.8 Å². The van der Waals surface area contributed by atoms with E-state index in [2.05, 4.69) is 27.9 Å². The minimum Gasteiger partial charge on any atom is -0.392 e. The summed E-state index contributed by atoms with van der Waals surface area (Å²) in [7, 11) is 2.15. The maximum Gasteiger partial charge on any atom is 0.267 e. The number of hydrogen-bond donors (Lipinski definition) is 3. The predicted octanol–water partition coefficient (Wildman–Crippen LogP) is 2.55. The molecule has 2 saturated heterocycles. The summed E-state index contributed by atoms with van der Waals surface area (Å²) in [6.45, 7) is 4.82. The number of hydrogen-bond acceptors (Lipinski definition) is 6. The van der Waals surface area contributed by atoms with Gasteiger partial charge in [-0.3, -0.25) is 9.59 Å². The van der Waals surface area contributed by atoms with E-state index in [0.717, 1.165) is 47.5 Å². The highest BCUT2D eigenvalue weighted by molar-refractivity contribution is 8.04. The van der Waals surface area contributed by atoms with Crippen molar-refractivity contribution in [3.8, 4) is 0 Å². The van der Waals surface area contributed by atoms with Crippen molar-refractivity contribution in [1.29, 1.82) is 0 Å². The first-order valence-electron chi connectivity index (χ1n) is 10.8. The molecule has 2 aromatic rings. The number of likely N-dealkylation sites (tertiary alicyclic amines) is 1. The van der Waals surface area contributed by atoms with Crippen LogP contribution in [0.15, 0.2) is 35.1 Å². The van der Waals surface area contributed by atoms with E-state index in [-0.39, 0.29) is 16.9 Å². The zero-order chi connectivity index (χ0) is 23.0. The molecule has 3 heterocycles. The Morgan fingerprint density at radius 3 is 2.66 bits per heavy atom. The standard InChI is InChI=1S/C22H29ClN6O2S/c1-3-28-21(31)18(32-22(28)19(24)20(25)30)11-26-13-4-5-15-16(23)12-29(17(15)10-13)14-6-8-27(2)9-7-14/h4-5,10,12,14,18,26H,3,6-9,11,24H2,1-2H3,(H2,25,30)/b22-19+/t18-/m1/s1. The Morgan fingerprint density at radius 1 is 1.28 bits per heavy atom. The summed E-state index contributed by atoms with van der Waals surface area (Å²) < 4.78 is 2.29. The van der Waals surface area contributed by atoms with E-state index in [4.69, 9.17) is 23.1 Å². The molecule has 0 unspecified atom stereocenters. The van der Waals surface area contributed by atoms with Gasteiger partial charge in [0, 0.05) is 36.4 Å². The van der Waals surface area contributed by atoms with Crippen LogP contribution in [0.3, 0.4) is 0 Å².